The zero-order valence-corrected chi connectivity index (χ0v) is 13.9. The molecule has 0 bridgehead atoms. The highest BCUT2D eigenvalue weighted by molar-refractivity contribution is 7.82. The Balaban J connectivity index is 1.54. The lowest BCUT2D eigenvalue weighted by atomic mass is 10.0. The van der Waals surface area contributed by atoms with Gasteiger partial charge in [-0.05, 0) is 6.42 Å². The Morgan fingerprint density at radius 2 is 1.36 bits per heavy atom. The molecule has 0 aromatic heterocycles. The molecule has 2 aliphatic rings. The van der Waals surface area contributed by atoms with Gasteiger partial charge in [-0.2, -0.15) is 22.4 Å². The van der Waals surface area contributed by atoms with E-state index in [1.165, 1.54) is 38.5 Å². The summed E-state index contributed by atoms with van der Waals surface area (Å²) in [6.07, 6.45) is 11.7. The molecule has 1 N–H and O–H groups in total. The van der Waals surface area contributed by atoms with Gasteiger partial charge in [-0.25, -0.2) is 4.18 Å². The smallest absolute Gasteiger partial charge is 0.336 e. The molecule has 0 saturated carbocycles. The maximum Gasteiger partial charge on any atom is 0.407 e. The standard InChI is InChI=1S/C14H26O7S/c1-2-3-4-5-6-7-8-9-10-11-12-13-14(15,19-18-13)21-22(16,17)20-13/h15H,2-12H2,1H3. The van der Waals surface area contributed by atoms with Gasteiger partial charge in [-0.3, -0.25) is 0 Å². The molecule has 22 heavy (non-hydrogen) atoms. The highest BCUT2D eigenvalue weighted by Crippen LogP contribution is 2.51. The zero-order valence-electron chi connectivity index (χ0n) is 13.1. The topological polar surface area (TPSA) is 91.3 Å². The van der Waals surface area contributed by atoms with Crippen molar-refractivity contribution in [3.63, 3.8) is 0 Å². The van der Waals surface area contributed by atoms with Gasteiger partial charge in [0.1, 0.15) is 0 Å². The summed E-state index contributed by atoms with van der Waals surface area (Å²) in [5, 5.41) is 9.81. The molecule has 2 saturated heterocycles. The van der Waals surface area contributed by atoms with Crippen molar-refractivity contribution in [3.05, 3.63) is 0 Å². The molecule has 0 aliphatic carbocycles. The van der Waals surface area contributed by atoms with Crippen LogP contribution in [0.5, 0.6) is 0 Å². The van der Waals surface area contributed by atoms with Crippen molar-refractivity contribution >= 4 is 10.4 Å². The summed E-state index contributed by atoms with van der Waals surface area (Å²) in [6.45, 7) is 2.21. The van der Waals surface area contributed by atoms with Crippen LogP contribution in [0.15, 0.2) is 0 Å². The van der Waals surface area contributed by atoms with E-state index in [1.54, 1.807) is 0 Å². The molecule has 2 atom stereocenters. The number of rotatable bonds is 11. The Morgan fingerprint density at radius 3 is 1.82 bits per heavy atom. The van der Waals surface area contributed by atoms with Crippen LogP contribution < -0.4 is 0 Å². The van der Waals surface area contributed by atoms with Gasteiger partial charge in [0.25, 0.3) is 0 Å². The first-order chi connectivity index (χ1) is 10.4. The average Bonchev–Trinajstić information content (AvgIpc) is 2.58. The molecule has 2 heterocycles. The maximum atomic E-state index is 11.2. The molecule has 0 radical (unpaired) electrons. The van der Waals surface area contributed by atoms with Crippen molar-refractivity contribution in [1.82, 2.24) is 0 Å². The Labute approximate surface area is 132 Å². The quantitative estimate of drug-likeness (QED) is 0.457. The molecular weight excluding hydrogens is 312 g/mol. The number of aliphatic hydroxyl groups is 1. The molecule has 2 aliphatic heterocycles. The van der Waals surface area contributed by atoms with Gasteiger partial charge in [0, 0.05) is 6.42 Å². The Hall–Kier alpha value is -0.250. The molecule has 0 aromatic carbocycles. The van der Waals surface area contributed by atoms with Gasteiger partial charge < -0.3 is 5.11 Å². The van der Waals surface area contributed by atoms with Gasteiger partial charge >= 0.3 is 22.2 Å². The van der Waals surface area contributed by atoms with E-state index < -0.39 is 22.2 Å². The molecule has 0 amide bonds. The first-order valence-electron chi connectivity index (χ1n) is 8.18. The van der Waals surface area contributed by atoms with Gasteiger partial charge in [0.05, 0.1) is 0 Å². The van der Waals surface area contributed by atoms with E-state index >= 15 is 0 Å². The molecule has 0 aromatic rings. The molecule has 130 valence electrons. The van der Waals surface area contributed by atoms with E-state index in [9.17, 15) is 13.5 Å². The summed E-state index contributed by atoms with van der Waals surface area (Å²) in [6, 6.07) is 0. The summed E-state index contributed by atoms with van der Waals surface area (Å²) in [4.78, 5) is 9.04. The Morgan fingerprint density at radius 1 is 0.818 bits per heavy atom. The van der Waals surface area contributed by atoms with Crippen molar-refractivity contribution < 1.29 is 31.7 Å². The van der Waals surface area contributed by atoms with E-state index in [4.69, 9.17) is 0 Å². The van der Waals surface area contributed by atoms with Crippen LogP contribution >= 0.6 is 0 Å². The molecule has 2 rings (SSSR count). The molecule has 2 fully saturated rings. The Bertz CT molecular complexity index is 452. The van der Waals surface area contributed by atoms with E-state index in [0.717, 1.165) is 19.3 Å². The molecule has 2 unspecified atom stereocenters. The third kappa shape index (κ3) is 4.18. The molecule has 7 nitrogen and oxygen atoms in total. The minimum absolute atomic E-state index is 0.208. The van der Waals surface area contributed by atoms with E-state index in [-0.39, 0.29) is 6.42 Å². The lowest BCUT2D eigenvalue weighted by Crippen LogP contribution is -2.65. The highest BCUT2D eigenvalue weighted by atomic mass is 32.3. The molecular formula is C14H26O7S. The van der Waals surface area contributed by atoms with Crippen LogP contribution in [0.4, 0.5) is 0 Å². The van der Waals surface area contributed by atoms with Crippen molar-refractivity contribution in [2.75, 3.05) is 0 Å². The van der Waals surface area contributed by atoms with Crippen LogP contribution in [0.25, 0.3) is 0 Å². The van der Waals surface area contributed by atoms with E-state index in [0.29, 0.717) is 6.42 Å². The van der Waals surface area contributed by atoms with Crippen LogP contribution in [0.2, 0.25) is 0 Å². The minimum atomic E-state index is -4.26. The van der Waals surface area contributed by atoms with Crippen LogP contribution in [-0.4, -0.2) is 25.3 Å². The van der Waals surface area contributed by atoms with Crippen LogP contribution in [0.3, 0.4) is 0 Å². The maximum absolute atomic E-state index is 11.2. The zero-order chi connectivity index (χ0) is 16.1. The van der Waals surface area contributed by atoms with E-state index in [2.05, 4.69) is 25.1 Å². The fourth-order valence-corrected chi connectivity index (χ4v) is 3.77. The monoisotopic (exact) mass is 338 g/mol. The largest absolute Gasteiger partial charge is 0.407 e. The third-order valence-electron chi connectivity index (χ3n) is 4.08. The fraction of sp³-hybridized carbons (Fsp3) is 1.00. The molecule has 8 heteroatoms. The second-order valence-electron chi connectivity index (χ2n) is 6.01. The minimum Gasteiger partial charge on any atom is -0.336 e. The first-order valence-corrected chi connectivity index (χ1v) is 9.52. The van der Waals surface area contributed by atoms with Gasteiger partial charge in [-0.15, -0.1) is 0 Å². The highest BCUT2D eigenvalue weighted by Gasteiger charge is 2.76. The van der Waals surface area contributed by atoms with Crippen molar-refractivity contribution in [1.29, 1.82) is 0 Å². The number of hydrogen-bond acceptors (Lipinski definition) is 7. The van der Waals surface area contributed by atoms with Crippen LogP contribution in [-0.2, 0) is 28.5 Å². The van der Waals surface area contributed by atoms with Crippen molar-refractivity contribution in [2.45, 2.75) is 89.3 Å². The van der Waals surface area contributed by atoms with Crippen LogP contribution in [0, 0.1) is 0 Å². The third-order valence-corrected chi connectivity index (χ3v) is 4.99. The SMILES string of the molecule is CCCCCCCCCCCCC12OOC1(O)OS(=O)(=O)O2. The lowest BCUT2D eigenvalue weighted by Gasteiger charge is -2.42. The fourth-order valence-electron chi connectivity index (χ4n) is 2.76. The van der Waals surface area contributed by atoms with Crippen LogP contribution in [0.1, 0.15) is 77.6 Å². The average molecular weight is 338 g/mol. The van der Waals surface area contributed by atoms with Gasteiger partial charge in [0.2, 0.25) is 0 Å². The second-order valence-corrected chi connectivity index (χ2v) is 7.16. The molecule has 0 spiro atoms. The Kier molecular flexibility index (Phi) is 6.21. The van der Waals surface area contributed by atoms with Gasteiger partial charge in [-0.1, -0.05) is 64.7 Å². The summed E-state index contributed by atoms with van der Waals surface area (Å²) in [5.74, 6) is -4.06. The van der Waals surface area contributed by atoms with Crippen molar-refractivity contribution in [3.8, 4) is 0 Å². The lowest BCUT2D eigenvalue weighted by molar-refractivity contribution is -0.673. The first kappa shape index (κ1) is 18.1. The summed E-state index contributed by atoms with van der Waals surface area (Å²) < 4.78 is 31.5. The summed E-state index contributed by atoms with van der Waals surface area (Å²) in [7, 11) is -4.26. The van der Waals surface area contributed by atoms with Gasteiger partial charge in [0.15, 0.2) is 0 Å². The predicted octanol–water partition coefficient (Wildman–Crippen LogP) is 2.89. The predicted molar refractivity (Wildman–Crippen MR) is 77.4 cm³/mol. The normalized spacial score (nSPS) is 32.6. The number of hydrogen-bond donors (Lipinski definition) is 1. The summed E-state index contributed by atoms with van der Waals surface area (Å²) >= 11 is 0. The number of fused-ring (bicyclic) bond motifs is 1. The van der Waals surface area contributed by atoms with Crippen molar-refractivity contribution in [2.24, 2.45) is 0 Å². The van der Waals surface area contributed by atoms with E-state index in [1.807, 2.05) is 0 Å². The number of unbranched alkanes of at least 4 members (excludes halogenated alkanes) is 9. The second kappa shape index (κ2) is 7.55. The summed E-state index contributed by atoms with van der Waals surface area (Å²) in [5.41, 5.74) is 0.